The van der Waals surface area contributed by atoms with E-state index >= 15 is 0 Å². The highest BCUT2D eigenvalue weighted by Gasteiger charge is 2.12. The van der Waals surface area contributed by atoms with E-state index in [9.17, 15) is 4.79 Å². The van der Waals surface area contributed by atoms with Gasteiger partial charge in [0.2, 0.25) is 0 Å². The first-order valence-electron chi connectivity index (χ1n) is 7.44. The summed E-state index contributed by atoms with van der Waals surface area (Å²) in [6, 6.07) is 11.2. The summed E-state index contributed by atoms with van der Waals surface area (Å²) in [4.78, 5) is 16.8. The van der Waals surface area contributed by atoms with Crippen LogP contribution in [0.4, 0.5) is 0 Å². The zero-order chi connectivity index (χ0) is 16.4. The quantitative estimate of drug-likeness (QED) is 0.560. The van der Waals surface area contributed by atoms with E-state index in [4.69, 9.17) is 0 Å². The molecule has 4 rings (SSSR count). The molecule has 8 heteroatoms. The maximum absolute atomic E-state index is 12.7. The van der Waals surface area contributed by atoms with Crippen molar-refractivity contribution in [1.29, 1.82) is 0 Å². The van der Waals surface area contributed by atoms with E-state index in [1.165, 1.54) is 11.0 Å². The molecule has 0 saturated heterocycles. The second kappa shape index (κ2) is 5.99. The molecule has 1 aromatic carbocycles. The van der Waals surface area contributed by atoms with E-state index in [0.717, 1.165) is 16.6 Å². The third-order valence-electron chi connectivity index (χ3n) is 3.74. The molecule has 8 nitrogen and oxygen atoms in total. The molecule has 3 heterocycles. The van der Waals surface area contributed by atoms with Crippen molar-refractivity contribution in [2.45, 2.75) is 13.1 Å². The van der Waals surface area contributed by atoms with Crippen molar-refractivity contribution in [3.8, 4) is 11.3 Å². The lowest BCUT2D eigenvalue weighted by molar-refractivity contribution is 0.478. The minimum Gasteiger partial charge on any atom is -0.267 e. The maximum Gasteiger partial charge on any atom is 0.274 e. The molecule has 0 aliphatic carbocycles. The Morgan fingerprint density at radius 2 is 1.88 bits per heavy atom. The SMILES string of the molecule is O=c1c2ccccc2c(-c2cccnc2)nn1CCn1cnnn1. The van der Waals surface area contributed by atoms with Crippen LogP contribution in [0.2, 0.25) is 0 Å². The van der Waals surface area contributed by atoms with Crippen LogP contribution in [0.1, 0.15) is 0 Å². The fourth-order valence-electron chi connectivity index (χ4n) is 2.58. The first-order valence-corrected chi connectivity index (χ1v) is 7.44. The van der Waals surface area contributed by atoms with Crippen molar-refractivity contribution in [1.82, 2.24) is 35.0 Å². The van der Waals surface area contributed by atoms with Gasteiger partial charge in [-0.1, -0.05) is 18.2 Å². The maximum atomic E-state index is 12.7. The van der Waals surface area contributed by atoms with E-state index in [2.05, 4.69) is 25.6 Å². The summed E-state index contributed by atoms with van der Waals surface area (Å²) < 4.78 is 3.01. The van der Waals surface area contributed by atoms with Crippen molar-refractivity contribution in [3.63, 3.8) is 0 Å². The van der Waals surface area contributed by atoms with Gasteiger partial charge in [0.05, 0.1) is 18.5 Å². The molecule has 0 fully saturated rings. The second-order valence-corrected chi connectivity index (χ2v) is 5.24. The molecular weight excluding hydrogens is 306 g/mol. The van der Waals surface area contributed by atoms with Gasteiger partial charge >= 0.3 is 0 Å². The molecule has 24 heavy (non-hydrogen) atoms. The normalized spacial score (nSPS) is 11.0. The minimum absolute atomic E-state index is 0.133. The van der Waals surface area contributed by atoms with Gasteiger partial charge in [-0.05, 0) is 28.6 Å². The molecule has 0 spiro atoms. The molecule has 3 aromatic heterocycles. The van der Waals surface area contributed by atoms with Crippen molar-refractivity contribution in [2.24, 2.45) is 0 Å². The Hall–Kier alpha value is -3.42. The standard InChI is InChI=1S/C16H13N7O/c24-16-14-6-2-1-5-13(14)15(12-4-3-7-17-10-12)19-23(16)9-8-22-11-18-20-21-22/h1-7,10-11H,8-9H2. The van der Waals surface area contributed by atoms with E-state index in [1.54, 1.807) is 17.1 Å². The summed E-state index contributed by atoms with van der Waals surface area (Å²) in [6.07, 6.45) is 4.96. The molecule has 0 atom stereocenters. The van der Waals surface area contributed by atoms with Crippen LogP contribution >= 0.6 is 0 Å². The van der Waals surface area contributed by atoms with Gasteiger partial charge < -0.3 is 0 Å². The average Bonchev–Trinajstić information content (AvgIpc) is 3.16. The van der Waals surface area contributed by atoms with Crippen LogP contribution in [0.5, 0.6) is 0 Å². The smallest absolute Gasteiger partial charge is 0.267 e. The lowest BCUT2D eigenvalue weighted by Crippen LogP contribution is -2.26. The number of fused-ring (bicyclic) bond motifs is 1. The summed E-state index contributed by atoms with van der Waals surface area (Å²) in [6.45, 7) is 0.840. The Morgan fingerprint density at radius 1 is 1.00 bits per heavy atom. The molecule has 0 aliphatic rings. The first kappa shape index (κ1) is 14.2. The van der Waals surface area contributed by atoms with Gasteiger partial charge in [-0.3, -0.25) is 9.78 Å². The molecule has 0 aliphatic heterocycles. The Bertz CT molecular complexity index is 1030. The summed E-state index contributed by atoms with van der Waals surface area (Å²) in [5.41, 5.74) is 1.46. The summed E-state index contributed by atoms with van der Waals surface area (Å²) in [7, 11) is 0. The summed E-state index contributed by atoms with van der Waals surface area (Å²) in [5.74, 6) is 0. The van der Waals surface area contributed by atoms with Gasteiger partial charge in [-0.25, -0.2) is 9.36 Å². The van der Waals surface area contributed by atoms with E-state index in [-0.39, 0.29) is 5.56 Å². The Morgan fingerprint density at radius 3 is 2.62 bits per heavy atom. The zero-order valence-corrected chi connectivity index (χ0v) is 12.6. The Labute approximate surface area is 136 Å². The van der Waals surface area contributed by atoms with Gasteiger partial charge in [-0.15, -0.1) is 5.10 Å². The van der Waals surface area contributed by atoms with Gasteiger partial charge in [0.25, 0.3) is 5.56 Å². The molecule has 0 saturated carbocycles. The third kappa shape index (κ3) is 2.54. The number of benzene rings is 1. The lowest BCUT2D eigenvalue weighted by Gasteiger charge is -2.10. The number of rotatable bonds is 4. The average molecular weight is 319 g/mol. The van der Waals surface area contributed by atoms with Crippen molar-refractivity contribution in [2.75, 3.05) is 0 Å². The van der Waals surface area contributed by atoms with Crippen LogP contribution < -0.4 is 5.56 Å². The lowest BCUT2D eigenvalue weighted by atomic mass is 10.1. The number of hydrogen-bond acceptors (Lipinski definition) is 6. The highest BCUT2D eigenvalue weighted by molar-refractivity contribution is 5.93. The molecule has 0 N–H and O–H groups in total. The molecular formula is C16H13N7O. The van der Waals surface area contributed by atoms with Gasteiger partial charge in [0.15, 0.2) is 0 Å². The first-order chi connectivity index (χ1) is 11.8. The number of pyridine rings is 1. The van der Waals surface area contributed by atoms with Crippen LogP contribution in [0, 0.1) is 0 Å². The molecule has 0 bridgehead atoms. The summed E-state index contributed by atoms with van der Waals surface area (Å²) in [5, 5.41) is 17.0. The zero-order valence-electron chi connectivity index (χ0n) is 12.6. The number of aromatic nitrogens is 7. The van der Waals surface area contributed by atoms with Crippen LogP contribution in [-0.4, -0.2) is 35.0 Å². The number of hydrogen-bond donors (Lipinski definition) is 0. The largest absolute Gasteiger partial charge is 0.274 e. The summed E-state index contributed by atoms with van der Waals surface area (Å²) >= 11 is 0. The van der Waals surface area contributed by atoms with Gasteiger partial charge in [0, 0.05) is 23.3 Å². The third-order valence-corrected chi connectivity index (χ3v) is 3.74. The molecule has 4 aromatic rings. The fourth-order valence-corrected chi connectivity index (χ4v) is 2.58. The highest BCUT2D eigenvalue weighted by Crippen LogP contribution is 2.23. The topological polar surface area (TPSA) is 91.4 Å². The number of tetrazole rings is 1. The molecule has 0 unspecified atom stereocenters. The van der Waals surface area contributed by atoms with Gasteiger partial charge in [0.1, 0.15) is 12.0 Å². The van der Waals surface area contributed by atoms with E-state index < -0.39 is 0 Å². The minimum atomic E-state index is -0.133. The van der Waals surface area contributed by atoms with Crippen molar-refractivity contribution in [3.05, 3.63) is 65.5 Å². The Kier molecular flexibility index (Phi) is 3.54. The monoisotopic (exact) mass is 319 g/mol. The van der Waals surface area contributed by atoms with Crippen LogP contribution in [-0.2, 0) is 13.1 Å². The number of nitrogens with zero attached hydrogens (tertiary/aromatic N) is 7. The van der Waals surface area contributed by atoms with Crippen molar-refractivity contribution >= 4 is 10.8 Å². The molecule has 118 valence electrons. The fraction of sp³-hybridized carbons (Fsp3) is 0.125. The van der Waals surface area contributed by atoms with Gasteiger partial charge in [-0.2, -0.15) is 5.10 Å². The predicted octanol–water partition coefficient (Wildman–Crippen LogP) is 1.15. The van der Waals surface area contributed by atoms with E-state index in [0.29, 0.717) is 18.5 Å². The van der Waals surface area contributed by atoms with Crippen LogP contribution in [0.3, 0.4) is 0 Å². The highest BCUT2D eigenvalue weighted by atomic mass is 16.1. The van der Waals surface area contributed by atoms with Crippen LogP contribution in [0.15, 0.2) is 59.9 Å². The molecule has 0 amide bonds. The predicted molar refractivity (Wildman–Crippen MR) is 87.1 cm³/mol. The number of aryl methyl sites for hydroxylation is 2. The van der Waals surface area contributed by atoms with Crippen LogP contribution in [0.25, 0.3) is 22.0 Å². The van der Waals surface area contributed by atoms with E-state index in [1.807, 2.05) is 36.4 Å². The molecule has 0 radical (unpaired) electrons. The van der Waals surface area contributed by atoms with Crippen molar-refractivity contribution < 1.29 is 0 Å². The second-order valence-electron chi connectivity index (χ2n) is 5.24. The Balaban J connectivity index is 1.85.